The fourth-order valence-corrected chi connectivity index (χ4v) is 2.82. The van der Waals surface area contributed by atoms with Crippen LogP contribution in [0.25, 0.3) is 21.9 Å². The summed E-state index contributed by atoms with van der Waals surface area (Å²) in [5.41, 5.74) is 0.916. The lowest BCUT2D eigenvalue weighted by Crippen LogP contribution is -2.10. The van der Waals surface area contributed by atoms with Crippen molar-refractivity contribution in [3.63, 3.8) is 0 Å². The van der Waals surface area contributed by atoms with Crippen LogP contribution < -0.4 is 5.43 Å². The van der Waals surface area contributed by atoms with Crippen LogP contribution in [0.3, 0.4) is 0 Å². The fourth-order valence-electron chi connectivity index (χ4n) is 2.82. The number of aromatic carboxylic acids is 2. The van der Waals surface area contributed by atoms with Gasteiger partial charge in [-0.3, -0.25) is 4.79 Å². The summed E-state index contributed by atoms with van der Waals surface area (Å²) in [6.45, 7) is 3.18. The van der Waals surface area contributed by atoms with E-state index in [0.29, 0.717) is 11.1 Å². The fraction of sp³-hybridized carbons (Fsp3) is 0.118. The molecule has 0 atom stereocenters. The molecule has 116 valence electrons. The van der Waals surface area contributed by atoms with E-state index in [-0.39, 0.29) is 38.5 Å². The first-order valence-electron chi connectivity index (χ1n) is 6.78. The Hall–Kier alpha value is -3.15. The number of benzene rings is 2. The minimum atomic E-state index is -1.12. The predicted molar refractivity (Wildman–Crippen MR) is 83.4 cm³/mol. The molecule has 0 saturated heterocycles. The van der Waals surface area contributed by atoms with E-state index >= 15 is 0 Å². The van der Waals surface area contributed by atoms with Crippen LogP contribution in [0.4, 0.5) is 0 Å². The number of carboxylic acid groups (broad SMARTS) is 2. The third-order valence-corrected chi connectivity index (χ3v) is 3.87. The monoisotopic (exact) mass is 312 g/mol. The van der Waals surface area contributed by atoms with Crippen LogP contribution in [0, 0.1) is 13.8 Å². The molecule has 3 aromatic rings. The lowest BCUT2D eigenvalue weighted by Gasteiger charge is -2.10. The van der Waals surface area contributed by atoms with E-state index in [4.69, 9.17) is 9.52 Å². The molecule has 6 nitrogen and oxygen atoms in total. The van der Waals surface area contributed by atoms with E-state index in [1.807, 2.05) is 0 Å². The zero-order chi connectivity index (χ0) is 16.9. The number of hydrogen-bond donors (Lipinski definition) is 2. The van der Waals surface area contributed by atoms with Crippen molar-refractivity contribution in [3.05, 3.63) is 56.7 Å². The van der Waals surface area contributed by atoms with Gasteiger partial charge in [0, 0.05) is 0 Å². The Morgan fingerprint density at radius 3 is 2.30 bits per heavy atom. The van der Waals surface area contributed by atoms with Crippen LogP contribution in [0.5, 0.6) is 0 Å². The van der Waals surface area contributed by atoms with Crippen molar-refractivity contribution < 1.29 is 24.2 Å². The number of fused-ring (bicyclic) bond motifs is 2. The summed E-state index contributed by atoms with van der Waals surface area (Å²) in [7, 11) is 0. The molecule has 1 heterocycles. The molecular weight excluding hydrogens is 300 g/mol. The van der Waals surface area contributed by atoms with Crippen molar-refractivity contribution in [1.82, 2.24) is 0 Å². The molecule has 0 spiro atoms. The normalized spacial score (nSPS) is 11.0. The maximum atomic E-state index is 12.7. The van der Waals surface area contributed by atoms with Crippen LogP contribution in [0.2, 0.25) is 0 Å². The summed E-state index contributed by atoms with van der Waals surface area (Å²) >= 11 is 0. The molecule has 2 N–H and O–H groups in total. The van der Waals surface area contributed by atoms with Gasteiger partial charge in [-0.05, 0) is 49.2 Å². The highest BCUT2D eigenvalue weighted by atomic mass is 16.4. The zero-order valence-corrected chi connectivity index (χ0v) is 12.3. The van der Waals surface area contributed by atoms with Gasteiger partial charge in [0.05, 0.1) is 21.9 Å². The average molecular weight is 312 g/mol. The number of aryl methyl sites for hydroxylation is 2. The molecule has 2 aromatic carbocycles. The van der Waals surface area contributed by atoms with E-state index in [1.165, 1.54) is 24.3 Å². The van der Waals surface area contributed by atoms with Crippen molar-refractivity contribution in [3.8, 4) is 0 Å². The highest BCUT2D eigenvalue weighted by molar-refractivity contribution is 6.01. The Morgan fingerprint density at radius 1 is 1.00 bits per heavy atom. The van der Waals surface area contributed by atoms with Gasteiger partial charge in [0.1, 0.15) is 11.2 Å². The Kier molecular flexibility index (Phi) is 3.18. The molecule has 0 bridgehead atoms. The largest absolute Gasteiger partial charge is 0.478 e. The summed E-state index contributed by atoms with van der Waals surface area (Å²) in [5.74, 6) is -2.23. The smallest absolute Gasteiger partial charge is 0.336 e. The van der Waals surface area contributed by atoms with Crippen molar-refractivity contribution in [2.75, 3.05) is 0 Å². The van der Waals surface area contributed by atoms with Crippen LogP contribution in [-0.4, -0.2) is 22.2 Å². The molecule has 1 aromatic heterocycles. The zero-order valence-electron chi connectivity index (χ0n) is 12.3. The second-order valence-electron chi connectivity index (χ2n) is 5.32. The molecule has 6 heteroatoms. The first-order valence-corrected chi connectivity index (χ1v) is 6.78. The lowest BCUT2D eigenvalue weighted by atomic mass is 9.97. The van der Waals surface area contributed by atoms with E-state index in [0.717, 1.165) is 0 Å². The van der Waals surface area contributed by atoms with Crippen molar-refractivity contribution in [2.45, 2.75) is 13.8 Å². The Morgan fingerprint density at radius 2 is 1.70 bits per heavy atom. The van der Waals surface area contributed by atoms with E-state index in [1.54, 1.807) is 13.8 Å². The molecule has 0 fully saturated rings. The summed E-state index contributed by atoms with van der Waals surface area (Å²) in [6, 6.07) is 5.47. The Balaban J connectivity index is 2.51. The summed E-state index contributed by atoms with van der Waals surface area (Å²) in [4.78, 5) is 35.1. The van der Waals surface area contributed by atoms with Crippen molar-refractivity contribution in [2.24, 2.45) is 0 Å². The molecule has 23 heavy (non-hydrogen) atoms. The number of carboxylic acids is 2. The van der Waals surface area contributed by atoms with Gasteiger partial charge in [-0.15, -0.1) is 0 Å². The topological polar surface area (TPSA) is 105 Å². The quantitative estimate of drug-likeness (QED) is 0.705. The van der Waals surface area contributed by atoms with Crippen molar-refractivity contribution >= 4 is 33.9 Å². The molecule has 0 aliphatic rings. The van der Waals surface area contributed by atoms with Crippen LogP contribution in [0.15, 0.2) is 33.5 Å². The molecule has 0 saturated carbocycles. The molecular formula is C17H12O6. The minimum Gasteiger partial charge on any atom is -0.478 e. The summed E-state index contributed by atoms with van der Waals surface area (Å²) < 4.78 is 5.66. The summed E-state index contributed by atoms with van der Waals surface area (Å²) in [5, 5.41) is 18.7. The van der Waals surface area contributed by atoms with Crippen LogP contribution in [-0.2, 0) is 0 Å². The first kappa shape index (κ1) is 14.8. The summed E-state index contributed by atoms with van der Waals surface area (Å²) in [6.07, 6.45) is 0. The SMILES string of the molecule is Cc1cc2oc3cc(C(=O)O)ccc3c(=O)c2c(C)c1C(=O)O. The standard InChI is InChI=1S/C17H12O6/c1-7-5-12-14(8(2)13(7)17(21)22)15(18)10-4-3-9(16(19)20)6-11(10)23-12/h3-6H,1-2H3,(H,19,20)(H,21,22). The molecule has 3 rings (SSSR count). The van der Waals surface area contributed by atoms with E-state index in [2.05, 4.69) is 0 Å². The second-order valence-corrected chi connectivity index (χ2v) is 5.32. The highest BCUT2D eigenvalue weighted by Crippen LogP contribution is 2.26. The van der Waals surface area contributed by atoms with Gasteiger partial charge in [-0.1, -0.05) is 0 Å². The van der Waals surface area contributed by atoms with Gasteiger partial charge >= 0.3 is 11.9 Å². The number of rotatable bonds is 2. The van der Waals surface area contributed by atoms with E-state index < -0.39 is 11.9 Å². The van der Waals surface area contributed by atoms with Crippen molar-refractivity contribution in [1.29, 1.82) is 0 Å². The molecule has 0 unspecified atom stereocenters. The third-order valence-electron chi connectivity index (χ3n) is 3.87. The first-order chi connectivity index (χ1) is 10.8. The lowest BCUT2D eigenvalue weighted by molar-refractivity contribution is 0.0685. The maximum Gasteiger partial charge on any atom is 0.336 e. The van der Waals surface area contributed by atoms with Gasteiger partial charge in [-0.25, -0.2) is 9.59 Å². The minimum absolute atomic E-state index is 0.00981. The number of carbonyl (C=O) groups is 2. The van der Waals surface area contributed by atoms with Gasteiger partial charge in [-0.2, -0.15) is 0 Å². The van der Waals surface area contributed by atoms with Gasteiger partial charge in [0.15, 0.2) is 0 Å². The Bertz CT molecular complexity index is 1060. The van der Waals surface area contributed by atoms with Crippen LogP contribution in [0.1, 0.15) is 31.8 Å². The maximum absolute atomic E-state index is 12.7. The highest BCUT2D eigenvalue weighted by Gasteiger charge is 2.19. The number of hydrogen-bond acceptors (Lipinski definition) is 4. The predicted octanol–water partition coefficient (Wildman–Crippen LogP) is 2.96. The van der Waals surface area contributed by atoms with Crippen LogP contribution >= 0.6 is 0 Å². The third kappa shape index (κ3) is 2.15. The Labute approximate surface area is 129 Å². The van der Waals surface area contributed by atoms with Gasteiger partial charge < -0.3 is 14.6 Å². The second kappa shape index (κ2) is 4.95. The van der Waals surface area contributed by atoms with Gasteiger partial charge in [0.25, 0.3) is 0 Å². The molecule has 0 amide bonds. The molecule has 0 radical (unpaired) electrons. The molecule has 0 aliphatic heterocycles. The average Bonchev–Trinajstić information content (AvgIpc) is 2.45. The van der Waals surface area contributed by atoms with Gasteiger partial charge in [0.2, 0.25) is 5.43 Å². The van der Waals surface area contributed by atoms with E-state index in [9.17, 15) is 19.5 Å². The molecule has 0 aliphatic carbocycles.